The fourth-order valence-electron chi connectivity index (χ4n) is 6.65. The van der Waals surface area contributed by atoms with Crippen LogP contribution in [0.1, 0.15) is 61.0 Å². The van der Waals surface area contributed by atoms with Crippen LogP contribution in [-0.4, -0.2) is 83.4 Å². The van der Waals surface area contributed by atoms with Gasteiger partial charge >= 0.3 is 0 Å². The Hall–Kier alpha value is -3.40. The molecule has 2 atom stereocenters. The molecule has 6 rings (SSSR count). The SMILES string of the molecule is CC.CN1CCN(Cc2cccc(C(=O)C3C=CC(C(O)NC4(c5ccc(-c6cn[nH]c6)cc5)CCNCC4)=CCC3)c2)CC1. The first-order valence-corrected chi connectivity index (χ1v) is 16.7. The topological polar surface area (TPSA) is 96.5 Å². The van der Waals surface area contributed by atoms with Crippen molar-refractivity contribution in [1.29, 1.82) is 0 Å². The highest BCUT2D eigenvalue weighted by molar-refractivity contribution is 5.99. The number of H-pyrrole nitrogens is 1. The average molecular weight is 611 g/mol. The van der Waals surface area contributed by atoms with Gasteiger partial charge in [-0.05, 0) is 74.2 Å². The maximum Gasteiger partial charge on any atom is 0.169 e. The van der Waals surface area contributed by atoms with Gasteiger partial charge in [0.1, 0.15) is 6.23 Å². The van der Waals surface area contributed by atoms with Crippen molar-refractivity contribution in [1.82, 2.24) is 30.6 Å². The van der Waals surface area contributed by atoms with Crippen molar-refractivity contribution in [2.24, 2.45) is 5.92 Å². The molecule has 2 unspecified atom stereocenters. The molecule has 0 bridgehead atoms. The van der Waals surface area contributed by atoms with Crippen molar-refractivity contribution in [3.63, 3.8) is 0 Å². The van der Waals surface area contributed by atoms with Gasteiger partial charge in [-0.2, -0.15) is 5.10 Å². The summed E-state index contributed by atoms with van der Waals surface area (Å²) in [5, 5.41) is 25.5. The van der Waals surface area contributed by atoms with Crippen LogP contribution in [0.3, 0.4) is 0 Å². The first-order valence-electron chi connectivity index (χ1n) is 16.7. The Bertz CT molecular complexity index is 1420. The molecule has 1 aromatic heterocycles. The third-order valence-electron chi connectivity index (χ3n) is 9.38. The van der Waals surface area contributed by atoms with Crippen LogP contribution in [0.25, 0.3) is 11.1 Å². The van der Waals surface area contributed by atoms with E-state index in [0.717, 1.165) is 93.8 Å². The van der Waals surface area contributed by atoms with E-state index in [9.17, 15) is 9.90 Å². The highest BCUT2D eigenvalue weighted by atomic mass is 16.3. The number of allylic oxidation sites excluding steroid dienone is 2. The number of Topliss-reactive ketones (excluding diaryl/α,β-unsaturated/α-hetero) is 1. The number of aromatic nitrogens is 2. The zero-order valence-corrected chi connectivity index (χ0v) is 27.1. The average Bonchev–Trinajstić information content (AvgIpc) is 3.51. The van der Waals surface area contributed by atoms with Gasteiger partial charge in [0, 0.05) is 61.5 Å². The fraction of sp³-hybridized carbons (Fsp3) is 0.459. The van der Waals surface area contributed by atoms with Crippen molar-refractivity contribution in [3.05, 3.63) is 101 Å². The molecule has 2 saturated heterocycles. The first-order chi connectivity index (χ1) is 22.0. The van der Waals surface area contributed by atoms with Gasteiger partial charge in [0.25, 0.3) is 0 Å². The minimum absolute atomic E-state index is 0.154. The van der Waals surface area contributed by atoms with E-state index in [1.165, 1.54) is 11.1 Å². The fourth-order valence-corrected chi connectivity index (χ4v) is 6.65. The van der Waals surface area contributed by atoms with Gasteiger partial charge in [-0.3, -0.25) is 20.1 Å². The lowest BCUT2D eigenvalue weighted by molar-refractivity contribution is 0.0940. The number of aromatic amines is 1. The smallest absolute Gasteiger partial charge is 0.169 e. The molecule has 0 radical (unpaired) electrons. The summed E-state index contributed by atoms with van der Waals surface area (Å²) in [4.78, 5) is 18.4. The van der Waals surface area contributed by atoms with Gasteiger partial charge in [-0.15, -0.1) is 0 Å². The van der Waals surface area contributed by atoms with Crippen LogP contribution in [0.15, 0.2) is 84.7 Å². The van der Waals surface area contributed by atoms with Crippen molar-refractivity contribution in [3.8, 4) is 11.1 Å². The maximum atomic E-state index is 13.6. The molecule has 2 fully saturated rings. The molecule has 0 amide bonds. The summed E-state index contributed by atoms with van der Waals surface area (Å²) >= 11 is 0. The lowest BCUT2D eigenvalue weighted by Crippen LogP contribution is -2.53. The van der Waals surface area contributed by atoms with Crippen LogP contribution >= 0.6 is 0 Å². The molecule has 4 N–H and O–H groups in total. The van der Waals surface area contributed by atoms with Gasteiger partial charge in [-0.25, -0.2) is 0 Å². The van der Waals surface area contributed by atoms with Crippen LogP contribution in [0, 0.1) is 5.92 Å². The number of likely N-dealkylation sites (N-methyl/N-ethyl adjacent to an activating group) is 1. The van der Waals surface area contributed by atoms with E-state index in [0.29, 0.717) is 0 Å². The second-order valence-corrected chi connectivity index (χ2v) is 12.3. The summed E-state index contributed by atoms with van der Waals surface area (Å²) in [5.41, 5.74) is 5.78. The van der Waals surface area contributed by atoms with Gasteiger partial charge in [0.15, 0.2) is 5.78 Å². The van der Waals surface area contributed by atoms with Crippen molar-refractivity contribution in [2.75, 3.05) is 46.3 Å². The summed E-state index contributed by atoms with van der Waals surface area (Å²) in [7, 11) is 2.17. The Morgan fingerprint density at radius 2 is 1.82 bits per heavy atom. The number of rotatable bonds is 9. The summed E-state index contributed by atoms with van der Waals surface area (Å²) in [6.07, 6.45) is 12.1. The number of aliphatic hydroxyl groups is 1. The van der Waals surface area contributed by atoms with E-state index < -0.39 is 6.23 Å². The van der Waals surface area contributed by atoms with E-state index in [1.807, 2.05) is 50.5 Å². The molecule has 8 nitrogen and oxygen atoms in total. The number of carbonyl (C=O) groups is 1. The van der Waals surface area contributed by atoms with Crippen LogP contribution < -0.4 is 10.6 Å². The van der Waals surface area contributed by atoms with E-state index in [2.05, 4.69) is 80.2 Å². The normalized spacial score (nSPS) is 21.2. The van der Waals surface area contributed by atoms with Crippen molar-refractivity contribution < 1.29 is 9.90 Å². The predicted octanol–water partition coefficient (Wildman–Crippen LogP) is 5.11. The molecule has 8 heteroatoms. The van der Waals surface area contributed by atoms with Gasteiger partial charge < -0.3 is 15.3 Å². The third-order valence-corrected chi connectivity index (χ3v) is 9.38. The molecule has 3 aliphatic rings. The highest BCUT2D eigenvalue weighted by Gasteiger charge is 2.36. The van der Waals surface area contributed by atoms with Gasteiger partial charge in [-0.1, -0.05) is 74.5 Å². The number of aliphatic hydroxyl groups excluding tert-OH is 1. The molecule has 0 saturated carbocycles. The number of nitrogens with zero attached hydrogens (tertiary/aromatic N) is 3. The molecule has 3 aromatic rings. The number of ketones is 1. The van der Waals surface area contributed by atoms with Crippen molar-refractivity contribution >= 4 is 5.78 Å². The van der Waals surface area contributed by atoms with Crippen molar-refractivity contribution in [2.45, 2.75) is 57.8 Å². The number of hydrogen-bond donors (Lipinski definition) is 4. The lowest BCUT2D eigenvalue weighted by atomic mass is 9.80. The Balaban J connectivity index is 0.00000196. The largest absolute Gasteiger partial charge is 0.374 e. The number of piperazine rings is 1. The second kappa shape index (κ2) is 15.7. The molecule has 2 aromatic carbocycles. The molecule has 240 valence electrons. The highest BCUT2D eigenvalue weighted by Crippen LogP contribution is 2.34. The number of carbonyl (C=O) groups excluding carboxylic acids is 1. The standard InChI is InChI=1S/C35H44N6O2.C2H6/c1-40-18-20-41(21-19-40)25-26-4-2-7-30(22-26)33(42)28-5-3-6-29(9-8-28)34(43)39-35(14-16-36-17-15-35)32-12-10-27(11-13-32)31-23-37-38-24-31;1-2/h2,4,6-13,22-24,28,34,36,39,43H,3,5,14-21,25H2,1H3,(H,37,38);1-2H3. The van der Waals surface area contributed by atoms with E-state index >= 15 is 0 Å². The molecule has 1 aliphatic carbocycles. The van der Waals surface area contributed by atoms with Gasteiger partial charge in [0.2, 0.25) is 0 Å². The number of piperidine rings is 1. The Labute approximate surface area is 268 Å². The predicted molar refractivity (Wildman–Crippen MR) is 182 cm³/mol. The van der Waals surface area contributed by atoms with Crippen LogP contribution in [0.5, 0.6) is 0 Å². The molecule has 0 spiro atoms. The van der Waals surface area contributed by atoms with E-state index in [-0.39, 0.29) is 17.2 Å². The number of benzene rings is 2. The summed E-state index contributed by atoms with van der Waals surface area (Å²) in [5.74, 6) is -0.0516. The first kappa shape index (κ1) is 33.0. The molecular formula is C37H50N6O2. The second-order valence-electron chi connectivity index (χ2n) is 12.3. The van der Waals surface area contributed by atoms with Gasteiger partial charge in [0.05, 0.1) is 6.20 Å². The summed E-state index contributed by atoms with van der Waals surface area (Å²) in [6.45, 7) is 10.9. The third kappa shape index (κ3) is 8.26. The Morgan fingerprint density at radius 3 is 2.53 bits per heavy atom. The molecular weight excluding hydrogens is 560 g/mol. The summed E-state index contributed by atoms with van der Waals surface area (Å²) < 4.78 is 0. The Kier molecular flexibility index (Phi) is 11.5. The summed E-state index contributed by atoms with van der Waals surface area (Å²) in [6, 6.07) is 16.7. The molecule has 2 aliphatic heterocycles. The minimum Gasteiger partial charge on any atom is -0.374 e. The van der Waals surface area contributed by atoms with Crippen LogP contribution in [0.2, 0.25) is 0 Å². The lowest BCUT2D eigenvalue weighted by Gasteiger charge is -2.41. The maximum absolute atomic E-state index is 13.6. The minimum atomic E-state index is -0.830. The molecule has 3 heterocycles. The zero-order chi connectivity index (χ0) is 31.6. The Morgan fingerprint density at radius 1 is 1.07 bits per heavy atom. The zero-order valence-electron chi connectivity index (χ0n) is 27.1. The number of nitrogens with one attached hydrogen (secondary N) is 3. The van der Waals surface area contributed by atoms with Crippen LogP contribution in [-0.2, 0) is 12.1 Å². The molecule has 45 heavy (non-hydrogen) atoms. The quantitative estimate of drug-likeness (QED) is 0.198. The van der Waals surface area contributed by atoms with E-state index in [4.69, 9.17) is 0 Å². The van der Waals surface area contributed by atoms with E-state index in [1.54, 1.807) is 0 Å². The monoisotopic (exact) mass is 610 g/mol. The number of hydrogen-bond acceptors (Lipinski definition) is 7. The van der Waals surface area contributed by atoms with Crippen LogP contribution in [0.4, 0.5) is 0 Å².